The quantitative estimate of drug-likeness (QED) is 0.418. The minimum absolute atomic E-state index is 0.00845. The number of hydrogen-bond acceptors (Lipinski definition) is 7. The van der Waals surface area contributed by atoms with Crippen molar-refractivity contribution >= 4 is 41.0 Å². The van der Waals surface area contributed by atoms with Crippen molar-refractivity contribution in [3.63, 3.8) is 0 Å². The number of carboxylic acids is 1. The fourth-order valence-corrected chi connectivity index (χ4v) is 3.56. The Morgan fingerprint density at radius 3 is 2.70 bits per heavy atom. The lowest BCUT2D eigenvalue weighted by atomic mass is 10.1. The van der Waals surface area contributed by atoms with Crippen molar-refractivity contribution in [1.82, 2.24) is 9.99 Å². The molecule has 1 aromatic heterocycles. The largest absolute Gasteiger partial charge is 0.545 e. The zero-order valence-electron chi connectivity index (χ0n) is 15.4. The first-order chi connectivity index (χ1) is 14.4. The Hall–Kier alpha value is -3.43. The van der Waals surface area contributed by atoms with Crippen molar-refractivity contribution in [2.75, 3.05) is 6.61 Å². The highest BCUT2D eigenvalue weighted by atomic mass is 35.5. The second-order valence-corrected chi connectivity index (χ2v) is 7.34. The van der Waals surface area contributed by atoms with Crippen molar-refractivity contribution in [3.8, 4) is 5.75 Å². The summed E-state index contributed by atoms with van der Waals surface area (Å²) >= 11 is 7.10. The van der Waals surface area contributed by atoms with Crippen LogP contribution in [0.25, 0.3) is 0 Å². The van der Waals surface area contributed by atoms with Crippen molar-refractivity contribution < 1.29 is 19.4 Å². The fourth-order valence-electron chi connectivity index (χ4n) is 2.46. The molecule has 0 saturated carbocycles. The van der Waals surface area contributed by atoms with Crippen LogP contribution in [-0.2, 0) is 11.3 Å². The van der Waals surface area contributed by atoms with Crippen molar-refractivity contribution in [3.05, 3.63) is 85.4 Å². The highest BCUT2D eigenvalue weighted by molar-refractivity contribution is 7.11. The van der Waals surface area contributed by atoms with Crippen LogP contribution in [0.4, 0.5) is 0 Å². The molecule has 154 valence electrons. The van der Waals surface area contributed by atoms with Gasteiger partial charge in [0.15, 0.2) is 6.61 Å². The Morgan fingerprint density at radius 2 is 1.97 bits per heavy atom. The van der Waals surface area contributed by atoms with E-state index >= 15 is 0 Å². The van der Waals surface area contributed by atoms with E-state index in [-0.39, 0.29) is 28.7 Å². The molecule has 1 heterocycles. The molecule has 0 radical (unpaired) electrons. The van der Waals surface area contributed by atoms with Gasteiger partial charge in [-0.25, -0.2) is 5.43 Å². The number of nitrogens with one attached hydrogen (secondary N) is 1. The van der Waals surface area contributed by atoms with Gasteiger partial charge in [0.25, 0.3) is 5.91 Å². The van der Waals surface area contributed by atoms with Gasteiger partial charge in [-0.15, -0.1) is 0 Å². The summed E-state index contributed by atoms with van der Waals surface area (Å²) in [6, 6.07) is 14.9. The molecule has 2 aromatic carbocycles. The fraction of sp³-hybridized carbons (Fsp3) is 0.100. The number of carbonyl (C=O) groups is 2. The van der Waals surface area contributed by atoms with Gasteiger partial charge in [-0.2, -0.15) is 5.10 Å². The van der Waals surface area contributed by atoms with Gasteiger partial charge in [-0.1, -0.05) is 59.3 Å². The number of para-hydroxylation sites is 1. The van der Waals surface area contributed by atoms with E-state index in [0.29, 0.717) is 16.2 Å². The number of thiazole rings is 1. The number of aromatic nitrogens is 1. The van der Waals surface area contributed by atoms with E-state index in [2.05, 4.69) is 10.5 Å². The molecule has 8 nitrogen and oxygen atoms in total. The smallest absolute Gasteiger partial charge is 0.309 e. The van der Waals surface area contributed by atoms with Crippen LogP contribution < -0.4 is 20.1 Å². The van der Waals surface area contributed by atoms with Gasteiger partial charge in [0.05, 0.1) is 23.6 Å². The Labute approximate surface area is 180 Å². The van der Waals surface area contributed by atoms with Crippen LogP contribution in [0, 0.1) is 0 Å². The lowest BCUT2D eigenvalue weighted by molar-refractivity contribution is -0.255. The molecule has 3 rings (SSSR count). The maximum atomic E-state index is 12.2. The molecule has 0 aliphatic heterocycles. The molecule has 0 fully saturated rings. The number of amides is 1. The predicted molar refractivity (Wildman–Crippen MR) is 111 cm³/mol. The molecule has 0 unspecified atom stereocenters. The monoisotopic (exact) mass is 444 g/mol. The van der Waals surface area contributed by atoms with Crippen molar-refractivity contribution in [2.24, 2.45) is 5.10 Å². The van der Waals surface area contributed by atoms with Crippen LogP contribution in [0.1, 0.15) is 20.8 Å². The second kappa shape index (κ2) is 9.86. The summed E-state index contributed by atoms with van der Waals surface area (Å²) in [7, 11) is 0. The van der Waals surface area contributed by atoms with Crippen molar-refractivity contribution in [1.29, 1.82) is 0 Å². The number of halogens is 1. The van der Waals surface area contributed by atoms with Crippen LogP contribution >= 0.6 is 22.9 Å². The minimum Gasteiger partial charge on any atom is -0.545 e. The summed E-state index contributed by atoms with van der Waals surface area (Å²) in [5.41, 5.74) is 2.88. The van der Waals surface area contributed by atoms with Gasteiger partial charge in [0.2, 0.25) is 0 Å². The van der Waals surface area contributed by atoms with E-state index in [1.165, 1.54) is 22.9 Å². The third-order valence-electron chi connectivity index (χ3n) is 3.85. The maximum Gasteiger partial charge on any atom is 0.309 e. The lowest BCUT2D eigenvalue weighted by Gasteiger charge is -2.07. The van der Waals surface area contributed by atoms with E-state index in [1.54, 1.807) is 36.4 Å². The molecular weight excluding hydrogens is 430 g/mol. The summed E-state index contributed by atoms with van der Waals surface area (Å²) in [5, 5.41) is 14.9. The van der Waals surface area contributed by atoms with Crippen molar-refractivity contribution in [2.45, 2.75) is 6.54 Å². The molecule has 3 aromatic rings. The van der Waals surface area contributed by atoms with E-state index in [9.17, 15) is 19.5 Å². The topological polar surface area (TPSA) is 113 Å². The van der Waals surface area contributed by atoms with E-state index in [0.717, 1.165) is 11.3 Å². The number of carbonyl (C=O) groups excluding carboxylic acids is 2. The maximum absolute atomic E-state index is 12.2. The number of rotatable bonds is 8. The first-order valence-electron chi connectivity index (χ1n) is 8.63. The highest BCUT2D eigenvalue weighted by Gasteiger charge is 2.12. The summed E-state index contributed by atoms with van der Waals surface area (Å²) < 4.78 is 6.58. The summed E-state index contributed by atoms with van der Waals surface area (Å²) in [5.74, 6) is -1.23. The zero-order chi connectivity index (χ0) is 21.5. The molecule has 30 heavy (non-hydrogen) atoms. The average Bonchev–Trinajstić information content (AvgIpc) is 3.01. The first kappa shape index (κ1) is 21.3. The first-order valence-corrected chi connectivity index (χ1v) is 9.82. The summed E-state index contributed by atoms with van der Waals surface area (Å²) in [4.78, 5) is 35.0. The van der Waals surface area contributed by atoms with Gasteiger partial charge >= 0.3 is 4.87 Å². The number of carboxylic acid groups (broad SMARTS) is 1. The van der Waals surface area contributed by atoms with E-state index < -0.39 is 11.9 Å². The number of nitrogens with zero attached hydrogens (tertiary/aromatic N) is 2. The summed E-state index contributed by atoms with van der Waals surface area (Å²) in [6.07, 6.45) is 1.27. The molecule has 0 bridgehead atoms. The second-order valence-electron chi connectivity index (χ2n) is 5.99. The van der Waals surface area contributed by atoms with E-state index in [4.69, 9.17) is 16.3 Å². The zero-order valence-corrected chi connectivity index (χ0v) is 17.0. The highest BCUT2D eigenvalue weighted by Crippen LogP contribution is 2.18. The molecule has 0 atom stereocenters. The SMILES string of the molecule is O=C(COc1ccccc1)N/N=C\c1sc(=O)n(Cc2cccc(C(=O)[O-])c2)c1Cl. The van der Waals surface area contributed by atoms with E-state index in [1.807, 2.05) is 6.07 Å². The van der Waals surface area contributed by atoms with Gasteiger partial charge in [0.1, 0.15) is 10.9 Å². The average molecular weight is 445 g/mol. The van der Waals surface area contributed by atoms with Gasteiger partial charge in [0, 0.05) is 0 Å². The Kier molecular flexibility index (Phi) is 6.99. The number of ether oxygens (including phenoxy) is 1. The number of benzene rings is 2. The number of hydrogen-bond donors (Lipinski definition) is 1. The van der Waals surface area contributed by atoms with Crippen LogP contribution in [0.5, 0.6) is 5.75 Å². The number of hydrazone groups is 1. The molecule has 10 heteroatoms. The molecular formula is C20H15ClN3O5S-. The summed E-state index contributed by atoms with van der Waals surface area (Å²) in [6.45, 7) is -0.137. The molecule has 0 aliphatic rings. The van der Waals surface area contributed by atoms with Crippen LogP contribution in [0.15, 0.2) is 64.5 Å². The standard InChI is InChI=1S/C20H16ClN3O5S/c21-18-16(10-22-23-17(25)12-29-15-7-2-1-3-8-15)30-20(28)24(18)11-13-5-4-6-14(9-13)19(26)27/h1-10H,11-12H2,(H,23,25)(H,26,27)/p-1/b22-10-. The number of aromatic carboxylic acids is 1. The molecule has 1 N–H and O–H groups in total. The molecule has 0 spiro atoms. The Bertz CT molecular complexity index is 1140. The molecule has 1 amide bonds. The Balaban J connectivity index is 1.62. The molecule has 0 saturated heterocycles. The molecule has 0 aliphatic carbocycles. The van der Waals surface area contributed by atoms with Gasteiger partial charge in [-0.3, -0.25) is 14.2 Å². The predicted octanol–water partition coefficient (Wildman–Crippen LogP) is 1.50. The third kappa shape index (κ3) is 5.56. The van der Waals surface area contributed by atoms with Gasteiger partial charge < -0.3 is 14.6 Å². The lowest BCUT2D eigenvalue weighted by Crippen LogP contribution is -2.24. The normalized spacial score (nSPS) is 10.8. The van der Waals surface area contributed by atoms with Crippen LogP contribution in [0.2, 0.25) is 5.15 Å². The van der Waals surface area contributed by atoms with Gasteiger partial charge in [-0.05, 0) is 29.3 Å². The minimum atomic E-state index is -1.31. The van der Waals surface area contributed by atoms with Crippen LogP contribution in [-0.4, -0.2) is 29.3 Å². The van der Waals surface area contributed by atoms with Crippen LogP contribution in [0.3, 0.4) is 0 Å². The Morgan fingerprint density at radius 1 is 1.20 bits per heavy atom. The third-order valence-corrected chi connectivity index (χ3v) is 5.28.